The number of nitro groups is 1. The summed E-state index contributed by atoms with van der Waals surface area (Å²) in [4.78, 5) is 29.7. The molecule has 0 saturated carbocycles. The molecule has 0 aliphatic heterocycles. The van der Waals surface area contributed by atoms with Gasteiger partial charge in [0.15, 0.2) is 23.3 Å². The van der Waals surface area contributed by atoms with Crippen molar-refractivity contribution in [3.8, 4) is 11.3 Å². The summed E-state index contributed by atoms with van der Waals surface area (Å²) in [6.07, 6.45) is 2.53. The van der Waals surface area contributed by atoms with Crippen molar-refractivity contribution in [3.63, 3.8) is 0 Å². The molecular weight excluding hydrogens is 356 g/mol. The smallest absolute Gasteiger partial charge is 0.390 e. The van der Waals surface area contributed by atoms with E-state index in [1.54, 1.807) is 5.38 Å². The number of carbonyl (C=O) groups excluding carboxylic acids is 1. The summed E-state index contributed by atoms with van der Waals surface area (Å²) in [5.41, 5.74) is 0.730. The van der Waals surface area contributed by atoms with Crippen LogP contribution in [0.25, 0.3) is 11.3 Å². The third-order valence-corrected chi connectivity index (χ3v) is 3.89. The van der Waals surface area contributed by atoms with Gasteiger partial charge in [-0.05, 0) is 23.1 Å². The first kappa shape index (κ1) is 16.6. The van der Waals surface area contributed by atoms with Gasteiger partial charge in [-0.1, -0.05) is 4.98 Å². The molecule has 0 saturated heterocycles. The van der Waals surface area contributed by atoms with Gasteiger partial charge in [-0.15, -0.1) is 11.3 Å². The monoisotopic (exact) mass is 365 g/mol. The van der Waals surface area contributed by atoms with Crippen molar-refractivity contribution in [1.29, 1.82) is 0 Å². The van der Waals surface area contributed by atoms with Crippen molar-refractivity contribution in [1.82, 2.24) is 14.5 Å². The number of aromatic nitrogens is 3. The number of rotatable bonds is 5. The van der Waals surface area contributed by atoms with Gasteiger partial charge in [0.1, 0.15) is 12.4 Å². The first-order chi connectivity index (χ1) is 11.9. The van der Waals surface area contributed by atoms with E-state index in [1.165, 1.54) is 18.5 Å². The highest BCUT2D eigenvalue weighted by atomic mass is 32.1. The highest BCUT2D eigenvalue weighted by Gasteiger charge is 2.18. The molecule has 3 aromatic rings. The molecule has 0 bridgehead atoms. The Labute approximate surface area is 142 Å². The van der Waals surface area contributed by atoms with E-state index in [1.807, 2.05) is 0 Å². The molecule has 0 aliphatic rings. The van der Waals surface area contributed by atoms with Crippen molar-refractivity contribution in [2.45, 2.75) is 6.54 Å². The predicted molar refractivity (Wildman–Crippen MR) is 85.0 cm³/mol. The minimum absolute atomic E-state index is 0.229. The molecule has 1 N–H and O–H groups in total. The zero-order chi connectivity index (χ0) is 18.0. The Bertz CT molecular complexity index is 956. The average molecular weight is 365 g/mol. The molecule has 3 rings (SSSR count). The topological polar surface area (TPSA) is 103 Å². The molecule has 1 aromatic carbocycles. The van der Waals surface area contributed by atoms with Gasteiger partial charge in [-0.2, -0.15) is 0 Å². The second-order valence-electron chi connectivity index (χ2n) is 4.83. The molecular formula is C14H9F2N5O3S. The highest BCUT2D eigenvalue weighted by molar-refractivity contribution is 7.14. The van der Waals surface area contributed by atoms with Crippen molar-refractivity contribution >= 4 is 28.3 Å². The van der Waals surface area contributed by atoms with Crippen LogP contribution in [-0.2, 0) is 11.3 Å². The van der Waals surface area contributed by atoms with E-state index in [4.69, 9.17) is 0 Å². The van der Waals surface area contributed by atoms with Crippen LogP contribution in [0.5, 0.6) is 0 Å². The van der Waals surface area contributed by atoms with Gasteiger partial charge in [-0.25, -0.2) is 18.3 Å². The fourth-order valence-electron chi connectivity index (χ4n) is 2.03. The lowest BCUT2D eigenvalue weighted by atomic mass is 10.2. The summed E-state index contributed by atoms with van der Waals surface area (Å²) in [7, 11) is 0. The molecule has 1 amide bonds. The summed E-state index contributed by atoms with van der Waals surface area (Å²) in [6.45, 7) is -0.309. The summed E-state index contributed by atoms with van der Waals surface area (Å²) >= 11 is 1.09. The Morgan fingerprint density at radius 1 is 1.36 bits per heavy atom. The number of anilines is 1. The molecule has 0 fully saturated rings. The zero-order valence-corrected chi connectivity index (χ0v) is 13.2. The van der Waals surface area contributed by atoms with E-state index in [0.29, 0.717) is 11.3 Å². The molecule has 2 aromatic heterocycles. The van der Waals surface area contributed by atoms with E-state index >= 15 is 0 Å². The second-order valence-corrected chi connectivity index (χ2v) is 5.69. The molecule has 0 spiro atoms. The number of nitrogens with zero attached hydrogens (tertiary/aromatic N) is 4. The van der Waals surface area contributed by atoms with Crippen LogP contribution in [-0.4, -0.2) is 25.4 Å². The molecule has 0 atom stereocenters. The lowest BCUT2D eigenvalue weighted by molar-refractivity contribution is -0.396. The summed E-state index contributed by atoms with van der Waals surface area (Å²) in [6, 6.07) is 3.36. The van der Waals surface area contributed by atoms with E-state index in [0.717, 1.165) is 28.0 Å². The first-order valence-corrected chi connectivity index (χ1v) is 7.68. The van der Waals surface area contributed by atoms with Gasteiger partial charge in [0, 0.05) is 10.9 Å². The van der Waals surface area contributed by atoms with Crippen LogP contribution in [0.1, 0.15) is 0 Å². The molecule has 0 aliphatic carbocycles. The van der Waals surface area contributed by atoms with Gasteiger partial charge >= 0.3 is 5.95 Å². The summed E-state index contributed by atoms with van der Waals surface area (Å²) < 4.78 is 27.3. The number of carbonyl (C=O) groups is 1. The molecule has 0 unspecified atom stereocenters. The maximum Gasteiger partial charge on any atom is 0.435 e. The molecule has 0 radical (unpaired) electrons. The number of thiazole rings is 1. The number of nitrogens with one attached hydrogen (secondary N) is 1. The Morgan fingerprint density at radius 3 is 2.88 bits per heavy atom. The van der Waals surface area contributed by atoms with Crippen LogP contribution in [0, 0.1) is 21.7 Å². The maximum absolute atomic E-state index is 13.3. The number of hydrogen-bond donors (Lipinski definition) is 1. The molecule has 2 heterocycles. The van der Waals surface area contributed by atoms with E-state index in [9.17, 15) is 23.7 Å². The highest BCUT2D eigenvalue weighted by Crippen LogP contribution is 2.26. The average Bonchev–Trinajstić information content (AvgIpc) is 3.19. The second kappa shape index (κ2) is 6.73. The van der Waals surface area contributed by atoms with Crippen LogP contribution in [0.2, 0.25) is 0 Å². The quantitative estimate of drug-likeness (QED) is 0.553. The number of benzene rings is 1. The van der Waals surface area contributed by atoms with Crippen molar-refractivity contribution in [2.24, 2.45) is 0 Å². The van der Waals surface area contributed by atoms with Crippen molar-refractivity contribution < 1.29 is 18.5 Å². The van der Waals surface area contributed by atoms with Gasteiger partial charge < -0.3 is 10.1 Å². The molecule has 128 valence electrons. The van der Waals surface area contributed by atoms with Crippen molar-refractivity contribution in [2.75, 3.05) is 5.32 Å². The van der Waals surface area contributed by atoms with Gasteiger partial charge in [0.05, 0.1) is 5.69 Å². The fraction of sp³-hybridized carbons (Fsp3) is 0.0714. The Balaban J connectivity index is 1.70. The normalized spacial score (nSPS) is 10.6. The van der Waals surface area contributed by atoms with Crippen LogP contribution < -0.4 is 5.32 Å². The van der Waals surface area contributed by atoms with Gasteiger partial charge in [0.25, 0.3) is 5.91 Å². The molecule has 25 heavy (non-hydrogen) atoms. The Kier molecular flexibility index (Phi) is 4.48. The Morgan fingerprint density at radius 2 is 2.16 bits per heavy atom. The maximum atomic E-state index is 13.3. The van der Waals surface area contributed by atoms with Crippen LogP contribution in [0.15, 0.2) is 36.0 Å². The lowest BCUT2D eigenvalue weighted by Gasteiger charge is -2.02. The first-order valence-electron chi connectivity index (χ1n) is 6.80. The number of hydrogen-bond acceptors (Lipinski definition) is 6. The Hall–Kier alpha value is -3.21. The minimum atomic E-state index is -0.997. The zero-order valence-electron chi connectivity index (χ0n) is 12.3. The standard InChI is InChI=1S/C14H9F2N5O3S/c15-9-2-1-8(5-10(9)16)11-7-25-13(18-11)19-12(22)6-20-4-3-17-14(20)21(23)24/h1-5,7H,6H2,(H,18,19,22). The fourth-order valence-corrected chi connectivity index (χ4v) is 2.77. The van der Waals surface area contributed by atoms with E-state index in [-0.39, 0.29) is 11.7 Å². The largest absolute Gasteiger partial charge is 0.435 e. The number of halogens is 2. The van der Waals surface area contributed by atoms with E-state index < -0.39 is 28.4 Å². The number of imidazole rings is 1. The third kappa shape index (κ3) is 3.66. The SMILES string of the molecule is O=C(Cn1ccnc1[N+](=O)[O-])Nc1nc(-c2ccc(F)c(F)c2)cs1. The third-order valence-electron chi connectivity index (χ3n) is 3.14. The van der Waals surface area contributed by atoms with Gasteiger partial charge in [0.2, 0.25) is 0 Å². The van der Waals surface area contributed by atoms with Gasteiger partial charge in [-0.3, -0.25) is 10.1 Å². The molecule has 8 nitrogen and oxygen atoms in total. The van der Waals surface area contributed by atoms with Crippen LogP contribution in [0.3, 0.4) is 0 Å². The van der Waals surface area contributed by atoms with E-state index in [2.05, 4.69) is 15.3 Å². The van der Waals surface area contributed by atoms with Crippen LogP contribution in [0.4, 0.5) is 19.9 Å². The van der Waals surface area contributed by atoms with Crippen LogP contribution >= 0.6 is 11.3 Å². The van der Waals surface area contributed by atoms with Crippen molar-refractivity contribution in [3.05, 3.63) is 57.7 Å². The predicted octanol–water partition coefficient (Wildman–Crippen LogP) is 2.83. The number of amides is 1. The lowest BCUT2D eigenvalue weighted by Crippen LogP contribution is -2.19. The minimum Gasteiger partial charge on any atom is -0.390 e. The summed E-state index contributed by atoms with van der Waals surface area (Å²) in [5.74, 6) is -2.94. The summed E-state index contributed by atoms with van der Waals surface area (Å²) in [5, 5.41) is 15.0. The molecule has 11 heteroatoms.